The summed E-state index contributed by atoms with van der Waals surface area (Å²) in [5.74, 6) is 0. The summed E-state index contributed by atoms with van der Waals surface area (Å²) in [5.41, 5.74) is 0.853. The van der Waals surface area contributed by atoms with Crippen molar-refractivity contribution in [3.8, 4) is 0 Å². The third-order valence-electron chi connectivity index (χ3n) is 3.58. The van der Waals surface area contributed by atoms with Gasteiger partial charge in [0.25, 0.3) is 0 Å². The topological polar surface area (TPSA) is 35.5 Å². The molecule has 1 saturated heterocycles. The van der Waals surface area contributed by atoms with Crippen LogP contribution >= 0.6 is 15.9 Å². The molecule has 1 aliphatic rings. The van der Waals surface area contributed by atoms with Crippen LogP contribution in [0, 0.1) is 0 Å². The maximum atomic E-state index is 9.83. The molecule has 2 N–H and O–H groups in total. The standard InChI is InChI=1S/C13H19BrN2O/c1-13(10-17,16-8-6-15-7-9-16)11-4-2-3-5-12(11)14/h2-5,15,17H,6-10H2,1H3. The third-order valence-corrected chi connectivity index (χ3v) is 4.27. The molecule has 17 heavy (non-hydrogen) atoms. The first-order valence-corrected chi connectivity index (χ1v) is 6.79. The minimum atomic E-state index is -0.303. The van der Waals surface area contributed by atoms with E-state index < -0.39 is 0 Å². The zero-order valence-corrected chi connectivity index (χ0v) is 11.7. The summed E-state index contributed by atoms with van der Waals surface area (Å²) in [6.45, 7) is 6.16. The van der Waals surface area contributed by atoms with Crippen LogP contribution in [0.5, 0.6) is 0 Å². The summed E-state index contributed by atoms with van der Waals surface area (Å²) < 4.78 is 1.06. The van der Waals surface area contributed by atoms with E-state index in [4.69, 9.17) is 0 Å². The number of aliphatic hydroxyl groups excluding tert-OH is 1. The average Bonchev–Trinajstić information content (AvgIpc) is 2.39. The van der Waals surface area contributed by atoms with Crippen LogP contribution in [0.3, 0.4) is 0 Å². The molecule has 0 aromatic heterocycles. The molecule has 1 atom stereocenters. The predicted octanol–water partition coefficient (Wildman–Crippen LogP) is 1.56. The fourth-order valence-electron chi connectivity index (χ4n) is 2.41. The van der Waals surface area contributed by atoms with E-state index in [9.17, 15) is 5.11 Å². The molecular weight excluding hydrogens is 280 g/mol. The Morgan fingerprint density at radius 3 is 2.59 bits per heavy atom. The monoisotopic (exact) mass is 298 g/mol. The Kier molecular flexibility index (Phi) is 4.20. The molecular formula is C13H19BrN2O. The highest BCUT2D eigenvalue weighted by molar-refractivity contribution is 9.10. The predicted molar refractivity (Wildman–Crippen MR) is 73.0 cm³/mol. The highest BCUT2D eigenvalue weighted by Crippen LogP contribution is 2.33. The largest absolute Gasteiger partial charge is 0.394 e. The first-order valence-electron chi connectivity index (χ1n) is 6.00. The maximum absolute atomic E-state index is 9.83. The number of halogens is 1. The van der Waals surface area contributed by atoms with E-state index >= 15 is 0 Å². The van der Waals surface area contributed by atoms with Crippen LogP contribution in [-0.2, 0) is 5.54 Å². The number of rotatable bonds is 3. The van der Waals surface area contributed by atoms with E-state index in [0.29, 0.717) is 0 Å². The number of hydrogen-bond donors (Lipinski definition) is 2. The average molecular weight is 299 g/mol. The number of aliphatic hydroxyl groups is 1. The molecule has 0 saturated carbocycles. The van der Waals surface area contributed by atoms with E-state index in [1.54, 1.807) is 0 Å². The molecule has 0 aliphatic carbocycles. The fourth-order valence-corrected chi connectivity index (χ4v) is 3.12. The normalized spacial score (nSPS) is 21.1. The highest BCUT2D eigenvalue weighted by atomic mass is 79.9. The van der Waals surface area contributed by atoms with Gasteiger partial charge in [0.05, 0.1) is 12.1 Å². The van der Waals surface area contributed by atoms with Gasteiger partial charge in [-0.25, -0.2) is 0 Å². The Morgan fingerprint density at radius 2 is 2.00 bits per heavy atom. The van der Waals surface area contributed by atoms with Gasteiger partial charge in [-0.2, -0.15) is 0 Å². The first-order chi connectivity index (χ1) is 8.18. The molecule has 1 aromatic carbocycles. The van der Waals surface area contributed by atoms with E-state index in [-0.39, 0.29) is 12.1 Å². The van der Waals surface area contributed by atoms with E-state index in [1.165, 1.54) is 0 Å². The molecule has 0 spiro atoms. The van der Waals surface area contributed by atoms with Crippen LogP contribution < -0.4 is 5.32 Å². The highest BCUT2D eigenvalue weighted by Gasteiger charge is 2.35. The van der Waals surface area contributed by atoms with Crippen molar-refractivity contribution in [2.24, 2.45) is 0 Å². The van der Waals surface area contributed by atoms with Gasteiger partial charge in [0.15, 0.2) is 0 Å². The maximum Gasteiger partial charge on any atom is 0.0677 e. The molecule has 1 aromatic rings. The molecule has 0 bridgehead atoms. The van der Waals surface area contributed by atoms with Crippen LogP contribution in [0.4, 0.5) is 0 Å². The molecule has 3 nitrogen and oxygen atoms in total. The minimum absolute atomic E-state index is 0.135. The lowest BCUT2D eigenvalue weighted by Crippen LogP contribution is -2.54. The summed E-state index contributed by atoms with van der Waals surface area (Å²) in [4.78, 5) is 2.35. The quantitative estimate of drug-likeness (QED) is 0.889. The number of nitrogens with zero attached hydrogens (tertiary/aromatic N) is 1. The molecule has 4 heteroatoms. The van der Waals surface area contributed by atoms with Crippen LogP contribution in [0.2, 0.25) is 0 Å². The summed E-state index contributed by atoms with van der Waals surface area (Å²) in [7, 11) is 0. The fraction of sp³-hybridized carbons (Fsp3) is 0.538. The molecule has 1 heterocycles. The van der Waals surface area contributed by atoms with Crippen molar-refractivity contribution in [2.75, 3.05) is 32.8 Å². The lowest BCUT2D eigenvalue weighted by Gasteiger charge is -2.43. The number of benzene rings is 1. The van der Waals surface area contributed by atoms with Gasteiger partial charge >= 0.3 is 0 Å². The molecule has 2 rings (SSSR count). The van der Waals surface area contributed by atoms with E-state index in [0.717, 1.165) is 36.2 Å². The second-order valence-electron chi connectivity index (χ2n) is 4.65. The summed E-state index contributed by atoms with van der Waals surface area (Å²) >= 11 is 3.59. The Morgan fingerprint density at radius 1 is 1.35 bits per heavy atom. The van der Waals surface area contributed by atoms with Crippen LogP contribution in [0.1, 0.15) is 12.5 Å². The lowest BCUT2D eigenvalue weighted by molar-refractivity contribution is 0.0306. The van der Waals surface area contributed by atoms with Gasteiger partial charge < -0.3 is 10.4 Å². The number of piperazine rings is 1. The number of hydrogen-bond acceptors (Lipinski definition) is 3. The Bertz CT molecular complexity index is 379. The minimum Gasteiger partial charge on any atom is -0.394 e. The smallest absolute Gasteiger partial charge is 0.0677 e. The van der Waals surface area contributed by atoms with Crippen molar-refractivity contribution in [2.45, 2.75) is 12.5 Å². The van der Waals surface area contributed by atoms with E-state index in [2.05, 4.69) is 39.1 Å². The van der Waals surface area contributed by atoms with E-state index in [1.807, 2.05) is 18.2 Å². The molecule has 0 amide bonds. The van der Waals surface area contributed by atoms with Gasteiger partial charge in [-0.15, -0.1) is 0 Å². The van der Waals surface area contributed by atoms with Gasteiger partial charge in [-0.3, -0.25) is 4.90 Å². The lowest BCUT2D eigenvalue weighted by atomic mass is 9.90. The van der Waals surface area contributed by atoms with Gasteiger partial charge in [0.1, 0.15) is 0 Å². The van der Waals surface area contributed by atoms with Gasteiger partial charge in [0.2, 0.25) is 0 Å². The second kappa shape index (κ2) is 5.48. The summed E-state index contributed by atoms with van der Waals surface area (Å²) in [5, 5.41) is 13.2. The van der Waals surface area contributed by atoms with Crippen molar-refractivity contribution in [3.05, 3.63) is 34.3 Å². The van der Waals surface area contributed by atoms with Gasteiger partial charge in [-0.1, -0.05) is 34.1 Å². The van der Waals surface area contributed by atoms with Crippen molar-refractivity contribution in [1.82, 2.24) is 10.2 Å². The third kappa shape index (κ3) is 2.55. The van der Waals surface area contributed by atoms with Crippen molar-refractivity contribution in [3.63, 3.8) is 0 Å². The first kappa shape index (κ1) is 13.0. The van der Waals surface area contributed by atoms with Crippen molar-refractivity contribution >= 4 is 15.9 Å². The Labute approximate surface area is 111 Å². The van der Waals surface area contributed by atoms with Gasteiger partial charge in [0, 0.05) is 30.7 Å². The van der Waals surface area contributed by atoms with Crippen LogP contribution in [0.25, 0.3) is 0 Å². The molecule has 1 aliphatic heterocycles. The second-order valence-corrected chi connectivity index (χ2v) is 5.50. The Balaban J connectivity index is 2.32. The molecule has 0 radical (unpaired) electrons. The summed E-state index contributed by atoms with van der Waals surface area (Å²) in [6, 6.07) is 8.15. The zero-order chi connectivity index (χ0) is 12.3. The number of nitrogens with one attached hydrogen (secondary N) is 1. The van der Waals surface area contributed by atoms with Crippen molar-refractivity contribution in [1.29, 1.82) is 0 Å². The SMILES string of the molecule is CC(CO)(c1ccccc1Br)N1CCNCC1. The van der Waals surface area contributed by atoms with Gasteiger partial charge in [-0.05, 0) is 18.6 Å². The Hall–Kier alpha value is -0.420. The van der Waals surface area contributed by atoms with Crippen LogP contribution in [-0.4, -0.2) is 42.8 Å². The molecule has 1 fully saturated rings. The molecule has 1 unspecified atom stereocenters. The zero-order valence-electron chi connectivity index (χ0n) is 10.1. The molecule has 94 valence electrons. The summed E-state index contributed by atoms with van der Waals surface area (Å²) in [6.07, 6.45) is 0. The van der Waals surface area contributed by atoms with Crippen molar-refractivity contribution < 1.29 is 5.11 Å². The van der Waals surface area contributed by atoms with Crippen LogP contribution in [0.15, 0.2) is 28.7 Å².